The minimum atomic E-state index is -3.83. The number of carbonyl (C=O) groups is 1. The number of carbonyl (C=O) groups excluding carboxylic acids is 1. The maximum absolute atomic E-state index is 14.0. The summed E-state index contributed by atoms with van der Waals surface area (Å²) in [7, 11) is -3.83. The molecule has 47 heavy (non-hydrogen) atoms. The lowest BCUT2D eigenvalue weighted by Gasteiger charge is -2.42. The second-order valence-corrected chi connectivity index (χ2v) is 15.4. The second kappa shape index (κ2) is 12.7. The van der Waals surface area contributed by atoms with Crippen molar-refractivity contribution in [3.8, 4) is 5.75 Å². The average molecular weight is 660 g/mol. The van der Waals surface area contributed by atoms with E-state index in [-0.39, 0.29) is 35.9 Å². The molecule has 0 bridgehead atoms. The summed E-state index contributed by atoms with van der Waals surface area (Å²) < 4.78 is 44.0. The molecule has 2 unspecified atom stereocenters. The number of hydrogen-bond donors (Lipinski definition) is 1. The van der Waals surface area contributed by atoms with Gasteiger partial charge in [-0.05, 0) is 79.6 Å². The van der Waals surface area contributed by atoms with Gasteiger partial charge in [0.1, 0.15) is 22.3 Å². The fourth-order valence-electron chi connectivity index (χ4n) is 7.55. The van der Waals surface area contributed by atoms with E-state index in [1.807, 2.05) is 25.5 Å². The summed E-state index contributed by atoms with van der Waals surface area (Å²) in [4.78, 5) is 12.8. The maximum atomic E-state index is 14.0. The van der Waals surface area contributed by atoms with E-state index >= 15 is 0 Å². The van der Waals surface area contributed by atoms with Crippen molar-refractivity contribution >= 4 is 27.0 Å². The van der Waals surface area contributed by atoms with E-state index < -0.39 is 27.5 Å². The summed E-state index contributed by atoms with van der Waals surface area (Å²) in [5.41, 5.74) is 12.1. The lowest BCUT2D eigenvalue weighted by atomic mass is 9.64. The Balaban J connectivity index is 1.48. The molecule has 4 aromatic rings. The monoisotopic (exact) mass is 659 g/mol. The van der Waals surface area contributed by atoms with Gasteiger partial charge in [-0.2, -0.15) is 4.31 Å². The van der Waals surface area contributed by atoms with Crippen LogP contribution in [0.1, 0.15) is 74.3 Å². The normalized spacial score (nSPS) is 22.0. The predicted octanol–water partition coefficient (Wildman–Crippen LogP) is 5.48. The smallest absolute Gasteiger partial charge is 0.247 e. The van der Waals surface area contributed by atoms with Crippen LogP contribution in [0.4, 0.5) is 0 Å². The van der Waals surface area contributed by atoms with Gasteiger partial charge in [0.05, 0.1) is 24.1 Å². The third kappa shape index (κ3) is 5.83. The highest BCUT2D eigenvalue weighted by molar-refractivity contribution is 7.89. The van der Waals surface area contributed by atoms with Crippen LogP contribution in [-0.4, -0.2) is 59.0 Å². The van der Waals surface area contributed by atoms with Crippen molar-refractivity contribution < 1.29 is 22.7 Å². The summed E-state index contributed by atoms with van der Waals surface area (Å²) in [5.74, 6) is -0.631. The van der Waals surface area contributed by atoms with Crippen LogP contribution in [0.15, 0.2) is 59.5 Å². The number of aromatic nitrogens is 3. The second-order valence-electron chi connectivity index (χ2n) is 13.5. The van der Waals surface area contributed by atoms with Crippen LogP contribution in [0, 0.1) is 25.2 Å². The topological polar surface area (TPSA) is 130 Å². The largest absolute Gasteiger partial charge is 0.488 e. The number of nitrogens with two attached hydrogens (primary N) is 1. The fraction of sp³-hybridized carbons (Fsp3) is 0.472. The maximum Gasteiger partial charge on any atom is 0.247 e. The zero-order valence-corrected chi connectivity index (χ0v) is 28.9. The van der Waals surface area contributed by atoms with Crippen LogP contribution in [0.2, 0.25) is 0 Å². The van der Waals surface area contributed by atoms with Gasteiger partial charge in [-0.15, -0.1) is 5.10 Å². The van der Waals surface area contributed by atoms with Gasteiger partial charge in [-0.3, -0.25) is 4.79 Å². The molecule has 1 fully saturated rings. The first-order valence-electron chi connectivity index (χ1n) is 16.5. The lowest BCUT2D eigenvalue weighted by Crippen LogP contribution is -2.44. The summed E-state index contributed by atoms with van der Waals surface area (Å²) in [6.45, 7) is 14.0. The molecule has 2 aliphatic rings. The number of sulfonamides is 1. The molecule has 1 saturated heterocycles. The van der Waals surface area contributed by atoms with E-state index in [9.17, 15) is 13.2 Å². The van der Waals surface area contributed by atoms with Crippen LogP contribution in [0.5, 0.6) is 5.75 Å². The summed E-state index contributed by atoms with van der Waals surface area (Å²) in [6.07, 6.45) is 0.552. The number of rotatable bonds is 9. The van der Waals surface area contributed by atoms with Gasteiger partial charge in [-0.25, -0.2) is 13.1 Å². The molecular weight excluding hydrogens is 614 g/mol. The molecule has 1 amide bonds. The van der Waals surface area contributed by atoms with Gasteiger partial charge < -0.3 is 15.2 Å². The van der Waals surface area contributed by atoms with Crippen molar-refractivity contribution in [1.29, 1.82) is 0 Å². The van der Waals surface area contributed by atoms with E-state index in [4.69, 9.17) is 15.2 Å². The third-order valence-electron chi connectivity index (χ3n) is 10.2. The fourth-order valence-corrected chi connectivity index (χ4v) is 9.12. The Kier molecular flexibility index (Phi) is 8.92. The standard InChI is InChI=1S/C36H45N5O5S/c1-7-26-21-40(47(43,44)31-12-10-9-11-30(31)46-26)20-25-19-24(14-13-22(25)3)32(36(5,6)34-28(35(37)42)17-18-45-34)27-15-16-29-33(23(27)4)38-39-41(29)8-2/h9-16,19,26,28,32,34H,7-8,17-18,20-21H2,1-6H3,(H2,37,42)/t26-,28?,32+,34?/m1/s1. The average Bonchev–Trinajstić information content (AvgIpc) is 3.70. The Morgan fingerprint density at radius 3 is 2.60 bits per heavy atom. The van der Waals surface area contributed by atoms with Crippen molar-refractivity contribution in [1.82, 2.24) is 19.3 Å². The van der Waals surface area contributed by atoms with Crippen LogP contribution >= 0.6 is 0 Å². The van der Waals surface area contributed by atoms with Crippen LogP contribution in [-0.2, 0) is 32.6 Å². The molecule has 4 atom stereocenters. The number of benzene rings is 3. The predicted molar refractivity (Wildman–Crippen MR) is 181 cm³/mol. The van der Waals surface area contributed by atoms with Crippen LogP contribution < -0.4 is 10.5 Å². The Bertz CT molecular complexity index is 1920. The summed E-state index contributed by atoms with van der Waals surface area (Å²) in [6, 6.07) is 17.3. The van der Waals surface area contributed by atoms with E-state index in [1.54, 1.807) is 28.6 Å². The minimum Gasteiger partial charge on any atom is -0.488 e. The molecule has 3 aromatic carbocycles. The molecule has 1 aromatic heterocycles. The highest BCUT2D eigenvalue weighted by Crippen LogP contribution is 2.50. The van der Waals surface area contributed by atoms with Crippen LogP contribution in [0.25, 0.3) is 11.0 Å². The van der Waals surface area contributed by atoms with Gasteiger partial charge in [0, 0.05) is 31.0 Å². The molecule has 3 heterocycles. The summed E-state index contributed by atoms with van der Waals surface area (Å²) >= 11 is 0. The van der Waals surface area contributed by atoms with Crippen LogP contribution in [0.3, 0.4) is 0 Å². The van der Waals surface area contributed by atoms with Gasteiger partial charge in [0.25, 0.3) is 0 Å². The minimum absolute atomic E-state index is 0.184. The number of nitrogens with zero attached hydrogens (tertiary/aromatic N) is 4. The third-order valence-corrected chi connectivity index (χ3v) is 12.1. The molecule has 0 radical (unpaired) electrons. The molecule has 0 saturated carbocycles. The molecule has 2 aliphatic heterocycles. The Hall–Kier alpha value is -3.80. The number of ether oxygens (including phenoxy) is 2. The van der Waals surface area contributed by atoms with E-state index in [2.05, 4.69) is 61.4 Å². The zero-order valence-electron chi connectivity index (χ0n) is 28.1. The van der Waals surface area contributed by atoms with Gasteiger partial charge in [-0.1, -0.05) is 62.4 Å². The number of primary amides is 1. The molecule has 10 nitrogen and oxygen atoms in total. The molecule has 6 rings (SSSR count). The number of fused-ring (bicyclic) bond motifs is 2. The molecule has 0 aliphatic carbocycles. The Labute approximate surface area is 277 Å². The van der Waals surface area contributed by atoms with E-state index in [0.717, 1.165) is 38.9 Å². The van der Waals surface area contributed by atoms with E-state index in [0.29, 0.717) is 31.7 Å². The van der Waals surface area contributed by atoms with Crippen molar-refractivity contribution in [3.63, 3.8) is 0 Å². The quantitative estimate of drug-likeness (QED) is 0.252. The first-order valence-corrected chi connectivity index (χ1v) is 17.9. The number of para-hydroxylation sites is 1. The number of aryl methyl sites for hydroxylation is 3. The lowest BCUT2D eigenvalue weighted by molar-refractivity contribution is -0.126. The van der Waals surface area contributed by atoms with Crippen molar-refractivity contribution in [2.75, 3.05) is 13.2 Å². The SMILES string of the molecule is CC[C@@H]1CN(Cc2cc([C@@H](c3ccc4c(nnn4CC)c3C)C(C)(C)C3OCCC3C(N)=O)ccc2C)S(=O)(=O)c2ccccc2O1. The summed E-state index contributed by atoms with van der Waals surface area (Å²) in [5, 5.41) is 8.91. The van der Waals surface area contributed by atoms with Gasteiger partial charge >= 0.3 is 0 Å². The van der Waals surface area contributed by atoms with Gasteiger partial charge in [0.2, 0.25) is 15.9 Å². The number of amides is 1. The van der Waals surface area contributed by atoms with Crippen molar-refractivity contribution in [2.45, 2.75) is 90.5 Å². The van der Waals surface area contributed by atoms with E-state index in [1.165, 1.54) is 0 Å². The molecule has 2 N–H and O–H groups in total. The Morgan fingerprint density at radius 2 is 1.87 bits per heavy atom. The zero-order chi connectivity index (χ0) is 33.7. The molecule has 11 heteroatoms. The highest BCUT2D eigenvalue weighted by Gasteiger charge is 2.48. The van der Waals surface area contributed by atoms with Crippen molar-refractivity contribution in [3.05, 3.63) is 82.4 Å². The number of hydrogen-bond acceptors (Lipinski definition) is 7. The molecule has 250 valence electrons. The Morgan fingerprint density at radius 1 is 1.11 bits per heavy atom. The van der Waals surface area contributed by atoms with Gasteiger partial charge in [0.15, 0.2) is 0 Å². The molecular formula is C36H45N5O5S. The molecule has 0 spiro atoms. The first kappa shape index (κ1) is 33.1. The van der Waals surface area contributed by atoms with Crippen molar-refractivity contribution in [2.24, 2.45) is 17.1 Å². The first-order chi connectivity index (χ1) is 22.4. The highest BCUT2D eigenvalue weighted by atomic mass is 32.2.